The summed E-state index contributed by atoms with van der Waals surface area (Å²) in [5, 5.41) is 0. The molecule has 0 saturated carbocycles. The summed E-state index contributed by atoms with van der Waals surface area (Å²) >= 11 is 0. The lowest BCUT2D eigenvalue weighted by Crippen LogP contribution is -2.22. The number of hydrogen-bond donors (Lipinski definition) is 0. The van der Waals surface area contributed by atoms with Crippen molar-refractivity contribution in [2.24, 2.45) is 0 Å². The first-order valence-corrected chi connectivity index (χ1v) is 5.68. The smallest absolute Gasteiger partial charge is 0.158 e. The largest absolute Gasteiger partial charge is 0.353 e. The second-order valence-electron chi connectivity index (χ2n) is 3.91. The molecule has 1 atom stereocenters. The lowest BCUT2D eigenvalue weighted by Gasteiger charge is -2.22. The molecule has 1 aliphatic heterocycles. The van der Waals surface area contributed by atoms with Gasteiger partial charge in [0.1, 0.15) is 0 Å². The van der Waals surface area contributed by atoms with Gasteiger partial charge >= 0.3 is 0 Å². The zero-order valence-electron chi connectivity index (χ0n) is 9.32. The Hall–Kier alpha value is -1.30. The van der Waals surface area contributed by atoms with Crippen LogP contribution in [-0.2, 0) is 16.1 Å². The third kappa shape index (κ3) is 2.85. The van der Waals surface area contributed by atoms with Gasteiger partial charge in [0.2, 0.25) is 0 Å². The normalized spacial score (nSPS) is 20.3. The first kappa shape index (κ1) is 11.2. The minimum Gasteiger partial charge on any atom is -0.353 e. The van der Waals surface area contributed by atoms with Gasteiger partial charge in [-0.2, -0.15) is 0 Å². The Morgan fingerprint density at radius 1 is 1.38 bits per heavy atom. The Bertz CT molecular complexity index is 373. The highest BCUT2D eigenvalue weighted by Gasteiger charge is 2.14. The molecule has 2 heteroatoms. The molecular weight excluding hydrogens is 200 g/mol. The fourth-order valence-electron chi connectivity index (χ4n) is 1.81. The zero-order chi connectivity index (χ0) is 11.2. The van der Waals surface area contributed by atoms with Gasteiger partial charge in [0, 0.05) is 12.2 Å². The third-order valence-corrected chi connectivity index (χ3v) is 2.74. The minimum absolute atomic E-state index is 0.0559. The van der Waals surface area contributed by atoms with E-state index in [0.29, 0.717) is 6.61 Å². The summed E-state index contributed by atoms with van der Waals surface area (Å²) in [7, 11) is 0. The Morgan fingerprint density at radius 2 is 2.25 bits per heavy atom. The van der Waals surface area contributed by atoms with E-state index in [4.69, 9.17) is 15.9 Å². The predicted octanol–water partition coefficient (Wildman–Crippen LogP) is 2.71. The summed E-state index contributed by atoms with van der Waals surface area (Å²) in [4.78, 5) is 0. The van der Waals surface area contributed by atoms with Crippen LogP contribution in [-0.4, -0.2) is 12.9 Å². The van der Waals surface area contributed by atoms with Crippen molar-refractivity contribution < 1.29 is 9.47 Å². The maximum Gasteiger partial charge on any atom is 0.158 e. The molecule has 2 rings (SSSR count). The zero-order valence-corrected chi connectivity index (χ0v) is 9.32. The van der Waals surface area contributed by atoms with Gasteiger partial charge in [-0.1, -0.05) is 24.1 Å². The summed E-state index contributed by atoms with van der Waals surface area (Å²) in [5.74, 6) is 2.66. The molecule has 0 amide bonds. The van der Waals surface area contributed by atoms with Crippen LogP contribution in [0, 0.1) is 12.3 Å². The molecule has 0 N–H and O–H groups in total. The van der Waals surface area contributed by atoms with E-state index in [9.17, 15) is 0 Å². The molecule has 1 heterocycles. The molecule has 16 heavy (non-hydrogen) atoms. The van der Waals surface area contributed by atoms with Gasteiger partial charge < -0.3 is 9.47 Å². The molecular formula is C14H16O2. The van der Waals surface area contributed by atoms with Crippen LogP contribution in [0.15, 0.2) is 24.3 Å². The molecule has 0 aliphatic carbocycles. The maximum atomic E-state index is 5.69. The van der Waals surface area contributed by atoms with E-state index in [0.717, 1.165) is 30.6 Å². The summed E-state index contributed by atoms with van der Waals surface area (Å²) in [6, 6.07) is 7.84. The second-order valence-corrected chi connectivity index (χ2v) is 3.91. The molecule has 0 radical (unpaired) electrons. The van der Waals surface area contributed by atoms with E-state index in [1.807, 2.05) is 24.3 Å². The SMILES string of the molecule is C#Cc1ccccc1COC1CCCCO1. The lowest BCUT2D eigenvalue weighted by molar-refractivity contribution is -0.168. The van der Waals surface area contributed by atoms with E-state index in [-0.39, 0.29) is 6.29 Å². The van der Waals surface area contributed by atoms with Crippen molar-refractivity contribution in [3.63, 3.8) is 0 Å². The van der Waals surface area contributed by atoms with Gasteiger partial charge in [-0.15, -0.1) is 6.42 Å². The molecule has 0 bridgehead atoms. The summed E-state index contributed by atoms with van der Waals surface area (Å²) in [6.45, 7) is 1.34. The fraction of sp³-hybridized carbons (Fsp3) is 0.429. The van der Waals surface area contributed by atoms with Crippen LogP contribution in [0.1, 0.15) is 30.4 Å². The molecule has 0 aromatic heterocycles. The average Bonchev–Trinajstić information content (AvgIpc) is 2.38. The van der Waals surface area contributed by atoms with Crippen molar-refractivity contribution in [2.45, 2.75) is 32.2 Å². The Kier molecular flexibility index (Phi) is 3.98. The van der Waals surface area contributed by atoms with Gasteiger partial charge in [0.25, 0.3) is 0 Å². The summed E-state index contributed by atoms with van der Waals surface area (Å²) < 4.78 is 11.2. The van der Waals surface area contributed by atoms with Crippen LogP contribution < -0.4 is 0 Å². The highest BCUT2D eigenvalue weighted by Crippen LogP contribution is 2.16. The molecule has 2 nitrogen and oxygen atoms in total. The van der Waals surface area contributed by atoms with Crippen LogP contribution in [0.3, 0.4) is 0 Å². The van der Waals surface area contributed by atoms with E-state index < -0.39 is 0 Å². The molecule has 0 spiro atoms. The molecule has 1 aromatic rings. The van der Waals surface area contributed by atoms with Crippen molar-refractivity contribution in [3.05, 3.63) is 35.4 Å². The van der Waals surface area contributed by atoms with Crippen LogP contribution in [0.25, 0.3) is 0 Å². The fourth-order valence-corrected chi connectivity index (χ4v) is 1.81. The highest BCUT2D eigenvalue weighted by molar-refractivity contribution is 5.39. The van der Waals surface area contributed by atoms with E-state index >= 15 is 0 Å². The Labute approximate surface area is 96.6 Å². The van der Waals surface area contributed by atoms with E-state index in [1.54, 1.807) is 0 Å². The van der Waals surface area contributed by atoms with Gasteiger partial charge in [0.15, 0.2) is 6.29 Å². The van der Waals surface area contributed by atoms with Gasteiger partial charge in [-0.3, -0.25) is 0 Å². The molecule has 1 saturated heterocycles. The molecule has 1 aliphatic rings. The van der Waals surface area contributed by atoms with Crippen LogP contribution >= 0.6 is 0 Å². The number of ether oxygens (including phenoxy) is 2. The number of rotatable bonds is 3. The van der Waals surface area contributed by atoms with Gasteiger partial charge in [-0.25, -0.2) is 0 Å². The minimum atomic E-state index is -0.0559. The molecule has 1 unspecified atom stereocenters. The summed E-state index contributed by atoms with van der Waals surface area (Å²) in [5.41, 5.74) is 1.96. The quantitative estimate of drug-likeness (QED) is 0.723. The lowest BCUT2D eigenvalue weighted by atomic mass is 10.1. The van der Waals surface area contributed by atoms with Crippen molar-refractivity contribution in [1.82, 2.24) is 0 Å². The standard InChI is InChI=1S/C14H16O2/c1-2-12-7-3-4-8-13(12)11-16-14-9-5-6-10-15-14/h1,3-4,7-8,14H,5-6,9-11H2. The van der Waals surface area contributed by atoms with E-state index in [2.05, 4.69) is 5.92 Å². The highest BCUT2D eigenvalue weighted by atomic mass is 16.7. The predicted molar refractivity (Wildman–Crippen MR) is 62.8 cm³/mol. The van der Waals surface area contributed by atoms with Gasteiger partial charge in [-0.05, 0) is 30.9 Å². The second kappa shape index (κ2) is 5.69. The third-order valence-electron chi connectivity index (χ3n) is 2.74. The number of hydrogen-bond acceptors (Lipinski definition) is 2. The molecule has 1 fully saturated rings. The van der Waals surface area contributed by atoms with Crippen molar-refractivity contribution in [3.8, 4) is 12.3 Å². The molecule has 84 valence electrons. The topological polar surface area (TPSA) is 18.5 Å². The van der Waals surface area contributed by atoms with Crippen molar-refractivity contribution in [2.75, 3.05) is 6.61 Å². The van der Waals surface area contributed by atoms with Crippen LogP contribution in [0.4, 0.5) is 0 Å². The maximum absolute atomic E-state index is 5.69. The number of benzene rings is 1. The van der Waals surface area contributed by atoms with Gasteiger partial charge in [0.05, 0.1) is 6.61 Å². The van der Waals surface area contributed by atoms with Crippen molar-refractivity contribution >= 4 is 0 Å². The average molecular weight is 216 g/mol. The number of terminal acetylenes is 1. The first-order chi connectivity index (χ1) is 7.90. The summed E-state index contributed by atoms with van der Waals surface area (Å²) in [6.07, 6.45) is 8.67. The van der Waals surface area contributed by atoms with Crippen LogP contribution in [0.5, 0.6) is 0 Å². The monoisotopic (exact) mass is 216 g/mol. The Balaban J connectivity index is 1.91. The Morgan fingerprint density at radius 3 is 3.00 bits per heavy atom. The van der Waals surface area contributed by atoms with Crippen LogP contribution in [0.2, 0.25) is 0 Å². The molecule has 1 aromatic carbocycles. The van der Waals surface area contributed by atoms with Crippen molar-refractivity contribution in [1.29, 1.82) is 0 Å². The first-order valence-electron chi connectivity index (χ1n) is 5.68. The van der Waals surface area contributed by atoms with E-state index in [1.165, 1.54) is 6.42 Å².